The van der Waals surface area contributed by atoms with Crippen molar-refractivity contribution in [3.63, 3.8) is 0 Å². The van der Waals surface area contributed by atoms with Gasteiger partial charge in [0.2, 0.25) is 0 Å². The highest BCUT2D eigenvalue weighted by atomic mass is 127. The van der Waals surface area contributed by atoms with Crippen LogP contribution in [0.4, 0.5) is 5.69 Å². The van der Waals surface area contributed by atoms with E-state index >= 15 is 0 Å². The van der Waals surface area contributed by atoms with E-state index in [4.69, 9.17) is 23.2 Å². The lowest BCUT2D eigenvalue weighted by molar-refractivity contribution is 0.592. The quantitative estimate of drug-likeness (QED) is 0.551. The Bertz CT molecular complexity index is 685. The molecule has 21 heavy (non-hydrogen) atoms. The summed E-state index contributed by atoms with van der Waals surface area (Å²) >= 11 is 14.6. The molecular formula is C16H13Cl2IN2. The van der Waals surface area contributed by atoms with Gasteiger partial charge in [-0.05, 0) is 58.5 Å². The van der Waals surface area contributed by atoms with Crippen LogP contribution in [0.2, 0.25) is 10.0 Å². The SMILES string of the molecule is C[C@@H]1C=NN(c2ccc(Cl)cc2Cl)[C@@H]1c1ccc(I)cc1. The van der Waals surface area contributed by atoms with Crippen molar-refractivity contribution in [2.75, 3.05) is 5.01 Å². The van der Waals surface area contributed by atoms with Crippen LogP contribution in [0.15, 0.2) is 47.6 Å². The van der Waals surface area contributed by atoms with Crippen LogP contribution in [-0.2, 0) is 0 Å². The van der Waals surface area contributed by atoms with Gasteiger partial charge in [0.05, 0.1) is 16.8 Å². The summed E-state index contributed by atoms with van der Waals surface area (Å²) in [7, 11) is 0. The van der Waals surface area contributed by atoms with Crippen molar-refractivity contribution in [2.45, 2.75) is 13.0 Å². The van der Waals surface area contributed by atoms with E-state index in [2.05, 4.69) is 58.9 Å². The molecule has 0 aromatic heterocycles. The van der Waals surface area contributed by atoms with Crippen LogP contribution in [0.5, 0.6) is 0 Å². The van der Waals surface area contributed by atoms with Crippen molar-refractivity contribution in [1.82, 2.24) is 0 Å². The molecule has 0 spiro atoms. The third kappa shape index (κ3) is 3.05. The van der Waals surface area contributed by atoms with Crippen molar-refractivity contribution in [3.05, 3.63) is 61.6 Å². The van der Waals surface area contributed by atoms with Crippen LogP contribution in [0, 0.1) is 9.49 Å². The molecule has 1 aliphatic heterocycles. The lowest BCUT2D eigenvalue weighted by atomic mass is 9.96. The topological polar surface area (TPSA) is 15.6 Å². The van der Waals surface area contributed by atoms with Crippen LogP contribution in [0.3, 0.4) is 0 Å². The van der Waals surface area contributed by atoms with Crippen LogP contribution in [-0.4, -0.2) is 6.21 Å². The van der Waals surface area contributed by atoms with Crippen molar-refractivity contribution in [2.24, 2.45) is 11.0 Å². The number of hydrogen-bond acceptors (Lipinski definition) is 2. The molecule has 2 atom stereocenters. The molecule has 2 aromatic rings. The van der Waals surface area contributed by atoms with E-state index in [1.54, 1.807) is 6.07 Å². The Hall–Kier alpha value is -0.780. The van der Waals surface area contributed by atoms with E-state index in [1.165, 1.54) is 9.13 Å². The Morgan fingerprint density at radius 3 is 2.48 bits per heavy atom. The van der Waals surface area contributed by atoms with Gasteiger partial charge in [-0.3, -0.25) is 5.01 Å². The smallest absolute Gasteiger partial charge is 0.0851 e. The standard InChI is InChI=1S/C16H13Cl2IN2/c1-10-9-20-21(15-7-4-12(17)8-14(15)18)16(10)11-2-5-13(19)6-3-11/h2-10,16H,1H3/t10-,16+/m1/s1. The second-order valence-electron chi connectivity index (χ2n) is 5.06. The fraction of sp³-hybridized carbons (Fsp3) is 0.188. The average Bonchev–Trinajstić information content (AvgIpc) is 2.82. The predicted octanol–water partition coefficient (Wildman–Crippen LogP) is 5.78. The van der Waals surface area contributed by atoms with Gasteiger partial charge in [0, 0.05) is 20.7 Å². The molecule has 0 aliphatic carbocycles. The summed E-state index contributed by atoms with van der Waals surface area (Å²) in [5.74, 6) is 0.316. The molecule has 1 heterocycles. The van der Waals surface area contributed by atoms with Gasteiger partial charge in [0.1, 0.15) is 0 Å². The van der Waals surface area contributed by atoms with E-state index < -0.39 is 0 Å². The highest BCUT2D eigenvalue weighted by Gasteiger charge is 2.31. The Balaban J connectivity index is 2.00. The number of benzene rings is 2. The van der Waals surface area contributed by atoms with E-state index in [-0.39, 0.29) is 6.04 Å². The van der Waals surface area contributed by atoms with Gasteiger partial charge in [-0.2, -0.15) is 5.10 Å². The zero-order valence-electron chi connectivity index (χ0n) is 11.3. The zero-order valence-corrected chi connectivity index (χ0v) is 15.0. The van der Waals surface area contributed by atoms with Gasteiger partial charge in [0.25, 0.3) is 0 Å². The summed E-state index contributed by atoms with van der Waals surface area (Å²) in [4.78, 5) is 0. The third-order valence-electron chi connectivity index (χ3n) is 3.56. The summed E-state index contributed by atoms with van der Waals surface area (Å²) < 4.78 is 1.22. The van der Waals surface area contributed by atoms with Crippen molar-refractivity contribution in [3.8, 4) is 0 Å². The first kappa shape index (κ1) is 15.1. The molecule has 0 saturated carbocycles. The maximum Gasteiger partial charge on any atom is 0.0851 e. The number of rotatable bonds is 2. The van der Waals surface area contributed by atoms with Crippen LogP contribution >= 0.6 is 45.8 Å². The molecule has 2 nitrogen and oxygen atoms in total. The molecule has 0 N–H and O–H groups in total. The molecule has 0 bridgehead atoms. The van der Waals surface area contributed by atoms with Gasteiger partial charge in [-0.25, -0.2) is 0 Å². The van der Waals surface area contributed by atoms with Gasteiger partial charge in [-0.1, -0.05) is 42.3 Å². The first-order valence-electron chi connectivity index (χ1n) is 6.60. The molecule has 0 fully saturated rings. The molecule has 2 aromatic carbocycles. The number of hydrazone groups is 1. The fourth-order valence-electron chi connectivity index (χ4n) is 2.54. The monoisotopic (exact) mass is 430 g/mol. The van der Waals surface area contributed by atoms with Crippen LogP contribution in [0.25, 0.3) is 0 Å². The molecule has 0 amide bonds. The zero-order chi connectivity index (χ0) is 15.0. The summed E-state index contributed by atoms with van der Waals surface area (Å²) in [5.41, 5.74) is 2.11. The average molecular weight is 431 g/mol. The minimum atomic E-state index is 0.153. The Morgan fingerprint density at radius 1 is 1.10 bits per heavy atom. The molecular weight excluding hydrogens is 418 g/mol. The van der Waals surface area contributed by atoms with Gasteiger partial charge in [-0.15, -0.1) is 0 Å². The fourth-order valence-corrected chi connectivity index (χ4v) is 3.39. The van der Waals surface area contributed by atoms with E-state index in [9.17, 15) is 0 Å². The van der Waals surface area contributed by atoms with Gasteiger partial charge < -0.3 is 0 Å². The number of nitrogens with zero attached hydrogens (tertiary/aromatic N) is 2. The van der Waals surface area contributed by atoms with Gasteiger partial charge >= 0.3 is 0 Å². The molecule has 0 radical (unpaired) electrons. The lowest BCUT2D eigenvalue weighted by Gasteiger charge is -2.27. The molecule has 3 rings (SSSR count). The van der Waals surface area contributed by atoms with E-state index in [0.717, 1.165) is 5.69 Å². The largest absolute Gasteiger partial charge is 0.256 e. The second kappa shape index (κ2) is 6.15. The molecule has 0 saturated heterocycles. The second-order valence-corrected chi connectivity index (χ2v) is 7.15. The van der Waals surface area contributed by atoms with Crippen LogP contribution < -0.4 is 5.01 Å². The maximum absolute atomic E-state index is 6.33. The molecule has 1 aliphatic rings. The van der Waals surface area contributed by atoms with Crippen molar-refractivity contribution < 1.29 is 0 Å². The van der Waals surface area contributed by atoms with Crippen LogP contribution in [0.1, 0.15) is 18.5 Å². The number of anilines is 1. The first-order valence-corrected chi connectivity index (χ1v) is 8.43. The summed E-state index contributed by atoms with van der Waals surface area (Å²) in [6.45, 7) is 2.16. The third-order valence-corrected chi connectivity index (χ3v) is 4.81. The Labute approximate surface area is 147 Å². The lowest BCUT2D eigenvalue weighted by Crippen LogP contribution is -2.23. The highest BCUT2D eigenvalue weighted by molar-refractivity contribution is 14.1. The molecule has 0 unspecified atom stereocenters. The van der Waals surface area contributed by atoms with Crippen molar-refractivity contribution in [1.29, 1.82) is 0 Å². The minimum absolute atomic E-state index is 0.153. The molecule has 5 heteroatoms. The Morgan fingerprint density at radius 2 is 1.81 bits per heavy atom. The maximum atomic E-state index is 6.33. The molecule has 108 valence electrons. The summed E-state index contributed by atoms with van der Waals surface area (Å²) in [6, 6.07) is 14.2. The van der Waals surface area contributed by atoms with E-state index in [1.807, 2.05) is 23.4 Å². The van der Waals surface area contributed by atoms with Crippen molar-refractivity contribution >= 4 is 57.7 Å². The predicted molar refractivity (Wildman–Crippen MR) is 98.5 cm³/mol. The summed E-state index contributed by atoms with van der Waals surface area (Å²) in [5, 5.41) is 7.76. The normalized spacial score (nSPS) is 21.0. The number of halogens is 3. The Kier molecular flexibility index (Phi) is 4.43. The first-order chi connectivity index (χ1) is 10.1. The van der Waals surface area contributed by atoms with E-state index in [0.29, 0.717) is 16.0 Å². The van der Waals surface area contributed by atoms with Gasteiger partial charge in [0.15, 0.2) is 0 Å². The number of hydrogen-bond donors (Lipinski definition) is 0. The minimum Gasteiger partial charge on any atom is -0.256 e. The highest BCUT2D eigenvalue weighted by Crippen LogP contribution is 2.40. The summed E-state index contributed by atoms with van der Waals surface area (Å²) in [6.07, 6.45) is 1.97.